The van der Waals surface area contributed by atoms with Gasteiger partial charge in [-0.3, -0.25) is 14.5 Å². The molecule has 0 saturated carbocycles. The molecule has 0 amide bonds. The molecule has 1 fully saturated rings. The van der Waals surface area contributed by atoms with Crippen LogP contribution in [-0.2, 0) is 32.2 Å². The SMILES string of the molecule is COc1ccc(CN(Cc2nc[nH]c2C)CC2CCCO2)cc1.O=C(O)CC(O)(CC(=O)O)C(=O)O. The lowest BCUT2D eigenvalue weighted by molar-refractivity contribution is -0.170. The lowest BCUT2D eigenvalue weighted by Crippen LogP contribution is -2.42. The Hall–Kier alpha value is -3.48. The van der Waals surface area contributed by atoms with Crippen LogP contribution in [0.4, 0.5) is 0 Å². The predicted octanol–water partition coefficient (Wildman–Crippen LogP) is 1.66. The second-order valence-electron chi connectivity index (χ2n) is 8.60. The number of nitrogens with zero attached hydrogens (tertiary/aromatic N) is 2. The van der Waals surface area contributed by atoms with Crippen molar-refractivity contribution < 1.29 is 44.3 Å². The van der Waals surface area contributed by atoms with Gasteiger partial charge in [-0.15, -0.1) is 0 Å². The Bertz CT molecular complexity index is 985. The van der Waals surface area contributed by atoms with Crippen molar-refractivity contribution in [2.45, 2.75) is 57.4 Å². The van der Waals surface area contributed by atoms with E-state index in [4.69, 9.17) is 29.9 Å². The van der Waals surface area contributed by atoms with Crippen LogP contribution in [0.25, 0.3) is 0 Å². The number of aliphatic carboxylic acids is 3. The number of aryl methyl sites for hydroxylation is 1. The molecule has 1 aliphatic rings. The van der Waals surface area contributed by atoms with Crippen LogP contribution >= 0.6 is 0 Å². The van der Waals surface area contributed by atoms with Crippen molar-refractivity contribution in [3.63, 3.8) is 0 Å². The zero-order valence-electron chi connectivity index (χ0n) is 20.3. The van der Waals surface area contributed by atoms with Gasteiger partial charge in [0.15, 0.2) is 5.60 Å². The number of aromatic nitrogens is 2. The molecule has 36 heavy (non-hydrogen) atoms. The molecule has 1 atom stereocenters. The Morgan fingerprint density at radius 2 is 1.78 bits per heavy atom. The Morgan fingerprint density at radius 3 is 2.22 bits per heavy atom. The molecular formula is C24H33N3O9. The summed E-state index contributed by atoms with van der Waals surface area (Å²) in [5.74, 6) is -4.13. The number of ether oxygens (including phenoxy) is 2. The van der Waals surface area contributed by atoms with Gasteiger partial charge in [-0.1, -0.05) is 12.1 Å². The first-order valence-corrected chi connectivity index (χ1v) is 11.4. The third kappa shape index (κ3) is 9.29. The second-order valence-corrected chi connectivity index (χ2v) is 8.60. The maximum atomic E-state index is 10.3. The molecule has 1 unspecified atom stereocenters. The summed E-state index contributed by atoms with van der Waals surface area (Å²) in [5.41, 5.74) is 0.781. The van der Waals surface area contributed by atoms with E-state index in [0.29, 0.717) is 6.10 Å². The third-order valence-electron chi connectivity index (χ3n) is 5.64. The van der Waals surface area contributed by atoms with E-state index in [1.807, 2.05) is 12.1 Å². The monoisotopic (exact) mass is 507 g/mol. The highest BCUT2D eigenvalue weighted by molar-refractivity contribution is 5.88. The van der Waals surface area contributed by atoms with E-state index in [-0.39, 0.29) is 0 Å². The molecule has 1 aliphatic heterocycles. The van der Waals surface area contributed by atoms with Crippen LogP contribution in [0.2, 0.25) is 0 Å². The lowest BCUT2D eigenvalue weighted by atomic mass is 9.96. The Balaban J connectivity index is 0.000000302. The number of carbonyl (C=O) groups is 3. The number of aliphatic hydroxyl groups is 1. The van der Waals surface area contributed by atoms with Crippen molar-refractivity contribution in [1.29, 1.82) is 0 Å². The molecule has 2 aromatic rings. The molecule has 0 bridgehead atoms. The summed E-state index contributed by atoms with van der Waals surface area (Å²) in [4.78, 5) is 40.5. The average Bonchev–Trinajstić information content (AvgIpc) is 3.45. The van der Waals surface area contributed by atoms with E-state index in [1.54, 1.807) is 13.4 Å². The zero-order valence-corrected chi connectivity index (χ0v) is 20.3. The van der Waals surface area contributed by atoms with Crippen LogP contribution < -0.4 is 4.74 Å². The first kappa shape index (κ1) is 28.8. The average molecular weight is 508 g/mol. The number of rotatable bonds is 12. The maximum absolute atomic E-state index is 10.3. The summed E-state index contributed by atoms with van der Waals surface area (Å²) in [6.45, 7) is 5.62. The summed E-state index contributed by atoms with van der Waals surface area (Å²) in [7, 11) is 1.69. The molecule has 12 heteroatoms. The Labute approximate surface area is 208 Å². The van der Waals surface area contributed by atoms with Gasteiger partial charge in [-0.25, -0.2) is 9.78 Å². The van der Waals surface area contributed by atoms with Crippen LogP contribution in [0, 0.1) is 6.92 Å². The summed E-state index contributed by atoms with van der Waals surface area (Å²) < 4.78 is 11.1. The fraction of sp³-hybridized carbons (Fsp3) is 0.500. The Kier molecular flexibility index (Phi) is 10.8. The maximum Gasteiger partial charge on any atom is 0.336 e. The van der Waals surface area contributed by atoms with Crippen LogP contribution in [0.5, 0.6) is 5.75 Å². The van der Waals surface area contributed by atoms with Crippen LogP contribution in [0.1, 0.15) is 42.6 Å². The number of carboxylic acids is 3. The molecule has 0 radical (unpaired) electrons. The number of hydrogen-bond acceptors (Lipinski definition) is 8. The van der Waals surface area contributed by atoms with Gasteiger partial charge in [0, 0.05) is 31.9 Å². The number of methoxy groups -OCH3 is 1. The van der Waals surface area contributed by atoms with Gasteiger partial charge in [-0.2, -0.15) is 0 Å². The summed E-state index contributed by atoms with van der Waals surface area (Å²) in [5, 5.41) is 33.8. The highest BCUT2D eigenvalue weighted by atomic mass is 16.5. The minimum absolute atomic E-state index is 0.340. The van der Waals surface area contributed by atoms with Gasteiger partial charge >= 0.3 is 17.9 Å². The van der Waals surface area contributed by atoms with Crippen LogP contribution in [0.3, 0.4) is 0 Å². The first-order chi connectivity index (χ1) is 17.0. The summed E-state index contributed by atoms with van der Waals surface area (Å²) >= 11 is 0. The van der Waals surface area contributed by atoms with Gasteiger partial charge in [-0.05, 0) is 37.5 Å². The zero-order chi connectivity index (χ0) is 26.7. The molecule has 12 nitrogen and oxygen atoms in total. The number of nitrogens with one attached hydrogen (secondary N) is 1. The van der Waals surface area contributed by atoms with Crippen molar-refractivity contribution in [2.75, 3.05) is 20.3 Å². The molecule has 0 aliphatic carbocycles. The fourth-order valence-electron chi connectivity index (χ4n) is 3.72. The largest absolute Gasteiger partial charge is 0.497 e. The van der Waals surface area contributed by atoms with Crippen molar-refractivity contribution in [3.05, 3.63) is 47.5 Å². The van der Waals surface area contributed by atoms with E-state index in [1.165, 1.54) is 12.0 Å². The predicted molar refractivity (Wildman–Crippen MR) is 126 cm³/mol. The van der Waals surface area contributed by atoms with E-state index in [2.05, 4.69) is 33.9 Å². The molecular weight excluding hydrogens is 474 g/mol. The van der Waals surface area contributed by atoms with Gasteiger partial charge < -0.3 is 34.9 Å². The lowest BCUT2D eigenvalue weighted by Gasteiger charge is -2.25. The molecule has 198 valence electrons. The van der Waals surface area contributed by atoms with Gasteiger partial charge in [0.25, 0.3) is 0 Å². The number of carboxylic acid groups (broad SMARTS) is 3. The Morgan fingerprint density at radius 1 is 1.14 bits per heavy atom. The van der Waals surface area contributed by atoms with Gasteiger partial charge in [0.1, 0.15) is 5.75 Å². The standard InChI is InChI=1S/C18H25N3O2.C6H8O7/c1-14-18(20-13-19-14)12-21(11-17-4-3-9-23-17)10-15-5-7-16(22-2)8-6-15;7-3(8)1-6(13,5(11)12)2-4(9)10/h5-8,13,17H,3-4,9-12H2,1-2H3,(H,19,20);13H,1-2H2,(H,7,8)(H,9,10)(H,11,12). The molecule has 2 heterocycles. The third-order valence-corrected chi connectivity index (χ3v) is 5.64. The summed E-state index contributed by atoms with van der Waals surface area (Å²) in [6.07, 6.45) is 2.14. The van der Waals surface area contributed by atoms with Crippen molar-refractivity contribution >= 4 is 17.9 Å². The number of benzene rings is 1. The van der Waals surface area contributed by atoms with E-state index in [0.717, 1.165) is 49.8 Å². The van der Waals surface area contributed by atoms with Crippen LogP contribution in [0.15, 0.2) is 30.6 Å². The number of aromatic amines is 1. The summed E-state index contributed by atoms with van der Waals surface area (Å²) in [6, 6.07) is 8.27. The van der Waals surface area contributed by atoms with Crippen molar-refractivity contribution in [2.24, 2.45) is 0 Å². The quantitative estimate of drug-likeness (QED) is 0.282. The number of imidazole rings is 1. The topological polar surface area (TPSA) is 183 Å². The van der Waals surface area contributed by atoms with Crippen molar-refractivity contribution in [1.82, 2.24) is 14.9 Å². The van der Waals surface area contributed by atoms with Crippen LogP contribution in [-0.4, -0.2) is 85.2 Å². The molecule has 3 rings (SSSR count). The number of H-pyrrole nitrogens is 1. The molecule has 1 saturated heterocycles. The minimum atomic E-state index is -2.74. The van der Waals surface area contributed by atoms with E-state index in [9.17, 15) is 14.4 Å². The molecule has 1 aromatic carbocycles. The smallest absolute Gasteiger partial charge is 0.336 e. The highest BCUT2D eigenvalue weighted by Crippen LogP contribution is 2.19. The number of hydrogen-bond donors (Lipinski definition) is 5. The first-order valence-electron chi connectivity index (χ1n) is 11.4. The van der Waals surface area contributed by atoms with E-state index < -0.39 is 36.4 Å². The fourth-order valence-corrected chi connectivity index (χ4v) is 3.72. The highest BCUT2D eigenvalue weighted by Gasteiger charge is 2.40. The second kappa shape index (κ2) is 13.6. The molecule has 5 N–H and O–H groups in total. The molecule has 0 spiro atoms. The minimum Gasteiger partial charge on any atom is -0.497 e. The molecule has 1 aromatic heterocycles. The normalized spacial score (nSPS) is 15.3. The van der Waals surface area contributed by atoms with Crippen molar-refractivity contribution in [3.8, 4) is 5.75 Å². The van der Waals surface area contributed by atoms with Gasteiger partial charge in [0.05, 0.1) is 38.1 Å². The van der Waals surface area contributed by atoms with Gasteiger partial charge in [0.2, 0.25) is 0 Å². The van der Waals surface area contributed by atoms with E-state index >= 15 is 0 Å².